The van der Waals surface area contributed by atoms with E-state index in [1.54, 1.807) is 24.3 Å². The molecule has 6 heteroatoms. The van der Waals surface area contributed by atoms with E-state index in [4.69, 9.17) is 0 Å². The molecule has 2 unspecified atom stereocenters. The SMILES string of the molecule is Cl.O=C(CNC(=O)c1ccccc1)NC1C2CNCC21. The summed E-state index contributed by atoms with van der Waals surface area (Å²) in [5, 5.41) is 8.88. The average molecular weight is 296 g/mol. The number of carbonyl (C=O) groups is 2. The molecule has 2 fully saturated rings. The molecule has 1 heterocycles. The summed E-state index contributed by atoms with van der Waals surface area (Å²) in [5.41, 5.74) is 0.572. The molecule has 3 rings (SSSR count). The minimum Gasteiger partial charge on any atom is -0.351 e. The summed E-state index contributed by atoms with van der Waals surface area (Å²) in [7, 11) is 0. The van der Waals surface area contributed by atoms with Crippen LogP contribution >= 0.6 is 12.4 Å². The largest absolute Gasteiger partial charge is 0.351 e. The molecular weight excluding hydrogens is 278 g/mol. The van der Waals surface area contributed by atoms with E-state index in [0.717, 1.165) is 13.1 Å². The van der Waals surface area contributed by atoms with Gasteiger partial charge < -0.3 is 16.0 Å². The molecule has 5 nitrogen and oxygen atoms in total. The lowest BCUT2D eigenvalue weighted by molar-refractivity contribution is -0.120. The van der Waals surface area contributed by atoms with Gasteiger partial charge in [0, 0.05) is 24.7 Å². The molecule has 20 heavy (non-hydrogen) atoms. The summed E-state index contributed by atoms with van der Waals surface area (Å²) < 4.78 is 0. The number of benzene rings is 1. The number of halogens is 1. The van der Waals surface area contributed by atoms with E-state index >= 15 is 0 Å². The Morgan fingerprint density at radius 3 is 2.45 bits per heavy atom. The second-order valence-electron chi connectivity index (χ2n) is 5.13. The van der Waals surface area contributed by atoms with Crippen LogP contribution in [0, 0.1) is 11.8 Å². The Kier molecular flexibility index (Phi) is 4.62. The summed E-state index contributed by atoms with van der Waals surface area (Å²) in [5.74, 6) is 0.861. The number of hydrogen-bond donors (Lipinski definition) is 3. The van der Waals surface area contributed by atoms with Gasteiger partial charge in [-0.2, -0.15) is 0 Å². The Morgan fingerprint density at radius 2 is 1.80 bits per heavy atom. The van der Waals surface area contributed by atoms with Crippen LogP contribution in [-0.2, 0) is 4.79 Å². The maximum Gasteiger partial charge on any atom is 0.251 e. The van der Waals surface area contributed by atoms with Crippen LogP contribution in [0.15, 0.2) is 30.3 Å². The molecule has 1 aromatic carbocycles. The summed E-state index contributed by atoms with van der Waals surface area (Å²) >= 11 is 0. The highest BCUT2D eigenvalue weighted by Crippen LogP contribution is 2.41. The van der Waals surface area contributed by atoms with Crippen molar-refractivity contribution in [1.82, 2.24) is 16.0 Å². The fourth-order valence-electron chi connectivity index (χ4n) is 2.72. The van der Waals surface area contributed by atoms with Crippen molar-refractivity contribution >= 4 is 24.2 Å². The second kappa shape index (κ2) is 6.24. The standard InChI is InChI=1S/C14H17N3O2.ClH/c18-12(17-13-10-6-15-7-11(10)13)8-16-14(19)9-4-2-1-3-5-9;/h1-5,10-11,13,15H,6-8H2,(H,16,19)(H,17,18);1H. The molecule has 3 N–H and O–H groups in total. The maximum atomic E-state index is 11.7. The first kappa shape index (κ1) is 14.8. The first-order valence-corrected chi connectivity index (χ1v) is 6.59. The fraction of sp³-hybridized carbons (Fsp3) is 0.429. The van der Waals surface area contributed by atoms with Crippen molar-refractivity contribution in [3.8, 4) is 0 Å². The zero-order chi connectivity index (χ0) is 13.2. The van der Waals surface area contributed by atoms with Gasteiger partial charge in [0.1, 0.15) is 0 Å². The Bertz CT molecular complexity index is 484. The zero-order valence-electron chi connectivity index (χ0n) is 11.0. The quantitative estimate of drug-likeness (QED) is 0.742. The third-order valence-corrected chi connectivity index (χ3v) is 3.86. The van der Waals surface area contributed by atoms with Crippen LogP contribution in [-0.4, -0.2) is 37.5 Å². The van der Waals surface area contributed by atoms with E-state index in [1.165, 1.54) is 0 Å². The van der Waals surface area contributed by atoms with Gasteiger partial charge in [0.2, 0.25) is 5.91 Å². The Labute approximate surface area is 123 Å². The predicted molar refractivity (Wildman–Crippen MR) is 77.8 cm³/mol. The predicted octanol–water partition coefficient (Wildman–Crippen LogP) is 0.172. The third-order valence-electron chi connectivity index (χ3n) is 3.86. The lowest BCUT2D eigenvalue weighted by Gasteiger charge is -2.08. The smallest absolute Gasteiger partial charge is 0.251 e. The van der Waals surface area contributed by atoms with Crippen LogP contribution in [0.5, 0.6) is 0 Å². The van der Waals surface area contributed by atoms with E-state index < -0.39 is 0 Å². The monoisotopic (exact) mass is 295 g/mol. The van der Waals surface area contributed by atoms with Crippen LogP contribution in [0.1, 0.15) is 10.4 Å². The fourth-order valence-corrected chi connectivity index (χ4v) is 2.72. The number of piperidine rings is 1. The summed E-state index contributed by atoms with van der Waals surface area (Å²) in [6.07, 6.45) is 0. The van der Waals surface area contributed by atoms with Crippen LogP contribution in [0.3, 0.4) is 0 Å². The van der Waals surface area contributed by atoms with E-state index in [9.17, 15) is 9.59 Å². The number of rotatable bonds is 4. The van der Waals surface area contributed by atoms with Gasteiger partial charge in [-0.05, 0) is 24.0 Å². The first-order chi connectivity index (χ1) is 9.25. The molecule has 1 saturated carbocycles. The van der Waals surface area contributed by atoms with Crippen molar-refractivity contribution in [2.45, 2.75) is 6.04 Å². The molecular formula is C14H18ClN3O2. The molecule has 1 saturated heterocycles. The molecule has 0 radical (unpaired) electrons. The van der Waals surface area contributed by atoms with Crippen LogP contribution < -0.4 is 16.0 Å². The number of amides is 2. The summed E-state index contributed by atoms with van der Waals surface area (Å²) in [6, 6.07) is 9.21. The average Bonchev–Trinajstić information content (AvgIpc) is 2.89. The van der Waals surface area contributed by atoms with E-state index in [1.807, 2.05) is 6.07 Å². The highest BCUT2D eigenvalue weighted by Gasteiger charge is 2.53. The number of fused-ring (bicyclic) bond motifs is 1. The van der Waals surface area contributed by atoms with Crippen molar-refractivity contribution in [3.05, 3.63) is 35.9 Å². The summed E-state index contributed by atoms with van der Waals surface area (Å²) in [4.78, 5) is 23.5. The van der Waals surface area contributed by atoms with Gasteiger partial charge >= 0.3 is 0 Å². The van der Waals surface area contributed by atoms with Gasteiger partial charge in [0.25, 0.3) is 5.91 Å². The molecule has 0 aromatic heterocycles. The molecule has 2 amide bonds. The Morgan fingerprint density at radius 1 is 1.15 bits per heavy atom. The Hall–Kier alpha value is -1.59. The van der Waals surface area contributed by atoms with Gasteiger partial charge in [-0.1, -0.05) is 18.2 Å². The number of hydrogen-bond acceptors (Lipinski definition) is 3. The number of carbonyl (C=O) groups excluding carboxylic acids is 2. The van der Waals surface area contributed by atoms with Crippen molar-refractivity contribution in [2.24, 2.45) is 11.8 Å². The third kappa shape index (κ3) is 3.11. The van der Waals surface area contributed by atoms with Gasteiger partial charge in [-0.25, -0.2) is 0 Å². The lowest BCUT2D eigenvalue weighted by atomic mass is 10.2. The second-order valence-corrected chi connectivity index (χ2v) is 5.13. The molecule has 1 aromatic rings. The molecule has 0 bridgehead atoms. The molecule has 108 valence electrons. The van der Waals surface area contributed by atoms with Gasteiger partial charge in [0.05, 0.1) is 6.54 Å². The molecule has 0 spiro atoms. The zero-order valence-corrected chi connectivity index (χ0v) is 11.8. The summed E-state index contributed by atoms with van der Waals surface area (Å²) in [6.45, 7) is 2.02. The van der Waals surface area contributed by atoms with E-state index in [2.05, 4.69) is 16.0 Å². The molecule has 1 aliphatic heterocycles. The van der Waals surface area contributed by atoms with Crippen molar-refractivity contribution < 1.29 is 9.59 Å². The van der Waals surface area contributed by atoms with E-state index in [0.29, 0.717) is 23.4 Å². The first-order valence-electron chi connectivity index (χ1n) is 6.59. The lowest BCUT2D eigenvalue weighted by Crippen LogP contribution is -2.40. The normalized spacial score (nSPS) is 26.1. The van der Waals surface area contributed by atoms with Gasteiger partial charge in [-0.3, -0.25) is 9.59 Å². The van der Waals surface area contributed by atoms with Crippen LogP contribution in [0.2, 0.25) is 0 Å². The minimum absolute atomic E-state index is 0. The number of nitrogens with one attached hydrogen (secondary N) is 3. The Balaban J connectivity index is 0.00000147. The van der Waals surface area contributed by atoms with Gasteiger partial charge in [0.15, 0.2) is 0 Å². The van der Waals surface area contributed by atoms with Gasteiger partial charge in [-0.15, -0.1) is 12.4 Å². The maximum absolute atomic E-state index is 11.7. The molecule has 2 atom stereocenters. The van der Waals surface area contributed by atoms with Crippen LogP contribution in [0.25, 0.3) is 0 Å². The highest BCUT2D eigenvalue weighted by atomic mass is 35.5. The molecule has 2 aliphatic rings. The minimum atomic E-state index is -0.214. The van der Waals surface area contributed by atoms with E-state index in [-0.39, 0.29) is 30.8 Å². The topological polar surface area (TPSA) is 70.2 Å². The van der Waals surface area contributed by atoms with Crippen molar-refractivity contribution in [2.75, 3.05) is 19.6 Å². The van der Waals surface area contributed by atoms with Crippen LogP contribution in [0.4, 0.5) is 0 Å². The highest BCUT2D eigenvalue weighted by molar-refractivity contribution is 5.96. The van der Waals surface area contributed by atoms with Crippen molar-refractivity contribution in [3.63, 3.8) is 0 Å². The molecule has 1 aliphatic carbocycles. The van der Waals surface area contributed by atoms with Crippen molar-refractivity contribution in [1.29, 1.82) is 0 Å².